The molecular weight excluding hydrogens is 412 g/mol. The van der Waals surface area contributed by atoms with E-state index in [0.29, 0.717) is 30.3 Å². The fourth-order valence-electron chi connectivity index (χ4n) is 2.90. The Bertz CT molecular complexity index is 947. The van der Waals surface area contributed by atoms with E-state index < -0.39 is 10.0 Å². The molecule has 0 radical (unpaired) electrons. The topological polar surface area (TPSA) is 75.7 Å². The molecule has 0 unspecified atom stereocenters. The summed E-state index contributed by atoms with van der Waals surface area (Å²) in [6.07, 6.45) is 1.71. The van der Waals surface area contributed by atoms with Crippen molar-refractivity contribution >= 4 is 33.2 Å². The van der Waals surface area contributed by atoms with Crippen LogP contribution >= 0.6 is 11.6 Å². The van der Waals surface area contributed by atoms with Crippen molar-refractivity contribution in [3.63, 3.8) is 0 Å². The average molecular weight is 439 g/mol. The van der Waals surface area contributed by atoms with Crippen molar-refractivity contribution in [2.24, 2.45) is 0 Å². The van der Waals surface area contributed by atoms with Crippen molar-refractivity contribution in [3.05, 3.63) is 58.6 Å². The minimum Gasteiger partial charge on any atom is -0.491 e. The third kappa shape index (κ3) is 7.25. The number of sulfonamides is 1. The minimum absolute atomic E-state index is 0.151. The highest BCUT2D eigenvalue weighted by Gasteiger charge is 2.19. The smallest absolute Gasteiger partial charge is 0.232 e. The predicted octanol–water partition coefficient (Wildman–Crippen LogP) is 3.70. The third-order valence-electron chi connectivity index (χ3n) is 4.30. The highest BCUT2D eigenvalue weighted by Crippen LogP contribution is 2.27. The van der Waals surface area contributed by atoms with Crippen LogP contribution in [0.2, 0.25) is 5.02 Å². The number of nitrogens with zero attached hydrogens (tertiary/aromatic N) is 1. The Morgan fingerprint density at radius 1 is 1.17 bits per heavy atom. The summed E-state index contributed by atoms with van der Waals surface area (Å²) < 4.78 is 31.1. The van der Waals surface area contributed by atoms with Gasteiger partial charge in [0.2, 0.25) is 15.9 Å². The van der Waals surface area contributed by atoms with Crippen LogP contribution < -0.4 is 14.4 Å². The number of ether oxygens (including phenoxy) is 1. The molecule has 0 heterocycles. The molecule has 1 amide bonds. The summed E-state index contributed by atoms with van der Waals surface area (Å²) in [4.78, 5) is 12.0. The third-order valence-corrected chi connectivity index (χ3v) is 5.80. The van der Waals surface area contributed by atoms with Gasteiger partial charge in [-0.05, 0) is 44.0 Å². The van der Waals surface area contributed by atoms with Gasteiger partial charge in [0.25, 0.3) is 0 Å². The zero-order valence-electron chi connectivity index (χ0n) is 16.9. The van der Waals surface area contributed by atoms with E-state index in [1.807, 2.05) is 32.0 Å². The summed E-state index contributed by atoms with van der Waals surface area (Å²) in [7, 11) is -3.50. The molecule has 8 heteroatoms. The quantitative estimate of drug-likeness (QED) is 0.574. The van der Waals surface area contributed by atoms with Crippen LogP contribution in [-0.2, 0) is 14.8 Å². The molecule has 0 fully saturated rings. The number of hydrogen-bond donors (Lipinski definition) is 1. The van der Waals surface area contributed by atoms with Crippen LogP contribution in [0.15, 0.2) is 42.5 Å². The van der Waals surface area contributed by atoms with Crippen molar-refractivity contribution < 1.29 is 17.9 Å². The molecule has 2 aromatic carbocycles. The first-order valence-electron chi connectivity index (χ1n) is 9.37. The number of nitrogens with one attached hydrogen (secondary N) is 1. The second-order valence-electron chi connectivity index (χ2n) is 6.86. The van der Waals surface area contributed by atoms with Gasteiger partial charge in [-0.3, -0.25) is 9.10 Å². The summed E-state index contributed by atoms with van der Waals surface area (Å²) in [5.74, 6) is 0.648. The fourth-order valence-corrected chi connectivity index (χ4v) is 4.17. The first-order chi connectivity index (χ1) is 13.7. The highest BCUT2D eigenvalue weighted by molar-refractivity contribution is 7.92. The molecule has 0 aliphatic rings. The van der Waals surface area contributed by atoms with Crippen LogP contribution in [0.4, 0.5) is 5.69 Å². The lowest BCUT2D eigenvalue weighted by molar-refractivity contribution is -0.121. The molecule has 0 aromatic heterocycles. The molecule has 158 valence electrons. The van der Waals surface area contributed by atoms with Gasteiger partial charge in [-0.25, -0.2) is 8.42 Å². The summed E-state index contributed by atoms with van der Waals surface area (Å²) in [5.41, 5.74) is 2.64. The van der Waals surface area contributed by atoms with E-state index in [1.54, 1.807) is 24.3 Å². The van der Waals surface area contributed by atoms with E-state index >= 15 is 0 Å². The zero-order chi connectivity index (χ0) is 21.4. The van der Waals surface area contributed by atoms with Gasteiger partial charge in [0.15, 0.2) is 0 Å². The number of aryl methyl sites for hydroxylation is 2. The molecule has 29 heavy (non-hydrogen) atoms. The van der Waals surface area contributed by atoms with E-state index in [0.717, 1.165) is 17.6 Å². The molecule has 0 aliphatic carbocycles. The maximum Gasteiger partial charge on any atom is 0.232 e. The van der Waals surface area contributed by atoms with Crippen LogP contribution in [0, 0.1) is 13.8 Å². The van der Waals surface area contributed by atoms with Crippen LogP contribution in [-0.4, -0.2) is 40.3 Å². The van der Waals surface area contributed by atoms with E-state index in [9.17, 15) is 13.2 Å². The van der Waals surface area contributed by atoms with Crippen molar-refractivity contribution in [2.75, 3.05) is 30.3 Å². The normalized spacial score (nSPS) is 11.2. The molecule has 6 nitrogen and oxygen atoms in total. The van der Waals surface area contributed by atoms with Gasteiger partial charge in [0.1, 0.15) is 12.4 Å². The standard InChI is InChI=1S/C21H27ClN2O4S/c1-16-10-11-20(17(2)15-16)28-14-12-23-21(25)9-6-13-24(29(3,26)27)19-8-5-4-7-18(19)22/h4-5,7-8,10-11,15H,6,9,12-14H2,1-3H3,(H,23,25). The van der Waals surface area contributed by atoms with Crippen LogP contribution in [0.25, 0.3) is 0 Å². The van der Waals surface area contributed by atoms with Crippen LogP contribution in [0.3, 0.4) is 0 Å². The largest absolute Gasteiger partial charge is 0.491 e. The number of rotatable bonds is 10. The van der Waals surface area contributed by atoms with E-state index in [4.69, 9.17) is 16.3 Å². The fraction of sp³-hybridized carbons (Fsp3) is 0.381. The summed E-state index contributed by atoms with van der Waals surface area (Å²) >= 11 is 6.12. The Morgan fingerprint density at radius 2 is 1.90 bits per heavy atom. The van der Waals surface area contributed by atoms with E-state index in [-0.39, 0.29) is 18.9 Å². The molecule has 0 bridgehead atoms. The molecule has 2 aromatic rings. The molecule has 2 rings (SSSR count). The molecule has 0 saturated carbocycles. The van der Waals surface area contributed by atoms with Gasteiger partial charge in [-0.2, -0.15) is 0 Å². The van der Waals surface area contributed by atoms with Gasteiger partial charge >= 0.3 is 0 Å². The van der Waals surface area contributed by atoms with Crippen molar-refractivity contribution in [1.82, 2.24) is 5.32 Å². The minimum atomic E-state index is -3.50. The maximum absolute atomic E-state index is 12.1. The first kappa shape index (κ1) is 23.0. The lowest BCUT2D eigenvalue weighted by Crippen LogP contribution is -2.33. The summed E-state index contributed by atoms with van der Waals surface area (Å²) in [6, 6.07) is 12.7. The number of benzene rings is 2. The lowest BCUT2D eigenvalue weighted by atomic mass is 10.1. The Labute approximate surface area is 177 Å². The maximum atomic E-state index is 12.1. The Hall–Kier alpha value is -2.25. The second kappa shape index (κ2) is 10.5. The Balaban J connectivity index is 1.77. The molecule has 1 N–H and O–H groups in total. The predicted molar refractivity (Wildman–Crippen MR) is 117 cm³/mol. The highest BCUT2D eigenvalue weighted by atomic mass is 35.5. The number of halogens is 1. The number of carbonyl (C=O) groups is 1. The monoisotopic (exact) mass is 438 g/mol. The zero-order valence-corrected chi connectivity index (χ0v) is 18.5. The van der Waals surface area contributed by atoms with Crippen LogP contribution in [0.5, 0.6) is 5.75 Å². The van der Waals surface area contributed by atoms with Gasteiger partial charge in [-0.1, -0.05) is 41.4 Å². The van der Waals surface area contributed by atoms with Gasteiger partial charge < -0.3 is 10.1 Å². The van der Waals surface area contributed by atoms with Crippen molar-refractivity contribution in [1.29, 1.82) is 0 Å². The first-order valence-corrected chi connectivity index (χ1v) is 11.6. The van der Waals surface area contributed by atoms with E-state index in [2.05, 4.69) is 5.32 Å². The molecule has 0 spiro atoms. The van der Waals surface area contributed by atoms with E-state index in [1.165, 1.54) is 9.87 Å². The molecule has 0 saturated heterocycles. The van der Waals surface area contributed by atoms with Crippen molar-refractivity contribution in [2.45, 2.75) is 26.7 Å². The molecule has 0 aliphatic heterocycles. The van der Waals surface area contributed by atoms with Crippen molar-refractivity contribution in [3.8, 4) is 5.75 Å². The SMILES string of the molecule is Cc1ccc(OCCNC(=O)CCCN(c2ccccc2Cl)S(C)(=O)=O)c(C)c1. The van der Waals surface area contributed by atoms with Gasteiger partial charge in [0, 0.05) is 13.0 Å². The number of anilines is 1. The number of carbonyl (C=O) groups excluding carboxylic acids is 1. The summed E-state index contributed by atoms with van der Waals surface area (Å²) in [5, 5.41) is 3.14. The van der Waals surface area contributed by atoms with Crippen LogP contribution in [0.1, 0.15) is 24.0 Å². The molecule has 0 atom stereocenters. The number of hydrogen-bond acceptors (Lipinski definition) is 4. The second-order valence-corrected chi connectivity index (χ2v) is 9.17. The Kier molecular flexibility index (Phi) is 8.34. The van der Waals surface area contributed by atoms with Gasteiger partial charge in [0.05, 0.1) is 23.5 Å². The molecular formula is C21H27ClN2O4S. The average Bonchev–Trinajstić information content (AvgIpc) is 2.64. The number of amides is 1. The van der Waals surface area contributed by atoms with Gasteiger partial charge in [-0.15, -0.1) is 0 Å². The number of para-hydroxylation sites is 1. The summed E-state index contributed by atoms with van der Waals surface area (Å²) in [6.45, 7) is 4.92. The Morgan fingerprint density at radius 3 is 2.55 bits per heavy atom. The lowest BCUT2D eigenvalue weighted by Gasteiger charge is -2.23.